The number of amides is 2. The average Bonchev–Trinajstić information content (AvgIpc) is 3.10. The van der Waals surface area contributed by atoms with Crippen LogP contribution >= 0.6 is 11.3 Å². The van der Waals surface area contributed by atoms with Crippen molar-refractivity contribution in [1.29, 1.82) is 0 Å². The van der Waals surface area contributed by atoms with E-state index in [0.29, 0.717) is 41.3 Å². The Morgan fingerprint density at radius 3 is 2.90 bits per heavy atom. The van der Waals surface area contributed by atoms with E-state index in [1.54, 1.807) is 28.1 Å². The Balaban J connectivity index is 1.50. The number of imide groups is 1. The molecule has 2 aliphatic rings. The number of anilines is 2. The molecular weight excluding hydrogens is 390 g/mol. The Morgan fingerprint density at radius 2 is 2.21 bits per heavy atom. The number of carbonyl (C=O) groups excluding carboxylic acids is 2. The Kier molecular flexibility index (Phi) is 4.27. The number of aryl methyl sites for hydroxylation is 1. The molecule has 0 radical (unpaired) electrons. The zero-order chi connectivity index (χ0) is 20.0. The average molecular weight is 409 g/mol. The van der Waals surface area contributed by atoms with Gasteiger partial charge in [0.05, 0.1) is 19.2 Å². The number of carbonyl (C=O) groups is 2. The minimum atomic E-state index is -0.369. The quantitative estimate of drug-likeness (QED) is 0.422. The standard InChI is InChI=1S/C19H19N7O2S/c1-10-4-14(29-9-10)8-20-18-24-16-12(5-11-6-15(27)23-17(11)28)7-21-26(16)19(25-18)22-13-2-3-13/h4-5,7,9,13H,2-3,6,8H2,1H3,(H,23,27,28)(H2,20,22,24,25)/b11-5+. The van der Waals surface area contributed by atoms with E-state index in [1.807, 2.05) is 0 Å². The van der Waals surface area contributed by atoms with E-state index in [1.165, 1.54) is 10.4 Å². The summed E-state index contributed by atoms with van der Waals surface area (Å²) in [6.45, 7) is 2.69. The number of hydrogen-bond donors (Lipinski definition) is 3. The first-order valence-electron chi connectivity index (χ1n) is 9.40. The van der Waals surface area contributed by atoms with Gasteiger partial charge in [-0.25, -0.2) is 0 Å². The second kappa shape index (κ2) is 6.96. The summed E-state index contributed by atoms with van der Waals surface area (Å²) >= 11 is 1.69. The van der Waals surface area contributed by atoms with Gasteiger partial charge in [0.2, 0.25) is 17.8 Å². The van der Waals surface area contributed by atoms with E-state index >= 15 is 0 Å². The fourth-order valence-electron chi connectivity index (χ4n) is 3.14. The van der Waals surface area contributed by atoms with E-state index < -0.39 is 0 Å². The molecular formula is C19H19N7O2S. The molecule has 2 fully saturated rings. The van der Waals surface area contributed by atoms with Crippen molar-refractivity contribution in [2.24, 2.45) is 0 Å². The van der Waals surface area contributed by atoms with Crippen LogP contribution in [0.1, 0.15) is 35.3 Å². The first kappa shape index (κ1) is 17.8. The number of aromatic nitrogens is 4. The van der Waals surface area contributed by atoms with E-state index in [-0.39, 0.29) is 18.2 Å². The van der Waals surface area contributed by atoms with Gasteiger partial charge in [0.15, 0.2) is 5.65 Å². The summed E-state index contributed by atoms with van der Waals surface area (Å²) in [5, 5.41) is 15.5. The van der Waals surface area contributed by atoms with Gasteiger partial charge in [-0.1, -0.05) is 0 Å². The molecule has 0 bridgehead atoms. The van der Waals surface area contributed by atoms with Crippen molar-refractivity contribution in [2.45, 2.75) is 38.8 Å². The Morgan fingerprint density at radius 1 is 1.34 bits per heavy atom. The lowest BCUT2D eigenvalue weighted by atomic mass is 10.1. The van der Waals surface area contributed by atoms with Gasteiger partial charge in [0.1, 0.15) is 0 Å². The Bertz CT molecular complexity index is 1160. The molecule has 0 atom stereocenters. The lowest BCUT2D eigenvalue weighted by molar-refractivity contribution is -0.124. The number of nitrogens with one attached hydrogen (secondary N) is 3. The summed E-state index contributed by atoms with van der Waals surface area (Å²) in [6, 6.07) is 2.52. The molecule has 1 aliphatic heterocycles. The normalized spacial score (nSPS) is 17.9. The number of fused-ring (bicyclic) bond motifs is 1. The molecule has 3 aromatic heterocycles. The van der Waals surface area contributed by atoms with Crippen molar-refractivity contribution in [1.82, 2.24) is 24.9 Å². The van der Waals surface area contributed by atoms with E-state index in [4.69, 9.17) is 0 Å². The maximum absolute atomic E-state index is 11.9. The third-order valence-electron chi connectivity index (χ3n) is 4.74. The van der Waals surface area contributed by atoms with Crippen LogP contribution in [0.2, 0.25) is 0 Å². The largest absolute Gasteiger partial charge is 0.351 e. The van der Waals surface area contributed by atoms with Crippen LogP contribution in [0.15, 0.2) is 23.2 Å². The van der Waals surface area contributed by atoms with Crippen LogP contribution in [-0.4, -0.2) is 37.4 Å². The molecule has 5 rings (SSSR count). The van der Waals surface area contributed by atoms with E-state index in [9.17, 15) is 9.59 Å². The molecule has 1 saturated carbocycles. The predicted molar refractivity (Wildman–Crippen MR) is 110 cm³/mol. The second-order valence-electron chi connectivity index (χ2n) is 7.29. The predicted octanol–water partition coefficient (Wildman–Crippen LogP) is 2.11. The van der Waals surface area contributed by atoms with Crippen LogP contribution in [0, 0.1) is 6.92 Å². The Hall–Kier alpha value is -3.27. The monoisotopic (exact) mass is 409 g/mol. The van der Waals surface area contributed by atoms with Gasteiger partial charge in [-0.2, -0.15) is 19.6 Å². The van der Waals surface area contributed by atoms with Crippen LogP contribution < -0.4 is 16.0 Å². The molecule has 1 saturated heterocycles. The Labute approximate surface area is 170 Å². The highest BCUT2D eigenvalue weighted by atomic mass is 32.1. The molecule has 2 amide bonds. The summed E-state index contributed by atoms with van der Waals surface area (Å²) in [5.74, 6) is 0.431. The highest BCUT2D eigenvalue weighted by Gasteiger charge is 2.26. The summed E-state index contributed by atoms with van der Waals surface area (Å²) in [5.41, 5.74) is 2.88. The number of thiophene rings is 1. The fourth-order valence-corrected chi connectivity index (χ4v) is 3.95. The highest BCUT2D eigenvalue weighted by molar-refractivity contribution is 7.10. The van der Waals surface area contributed by atoms with Crippen LogP contribution in [0.5, 0.6) is 0 Å². The SMILES string of the molecule is Cc1csc(CNc2nc(NC3CC3)n3ncc(/C=C4\CC(=O)NC4=O)c3n2)c1. The molecule has 3 N–H and O–H groups in total. The first-order chi connectivity index (χ1) is 14.0. The van der Waals surface area contributed by atoms with Crippen molar-refractivity contribution in [3.8, 4) is 0 Å². The van der Waals surface area contributed by atoms with Gasteiger partial charge in [0, 0.05) is 22.1 Å². The molecule has 9 nitrogen and oxygen atoms in total. The van der Waals surface area contributed by atoms with Gasteiger partial charge < -0.3 is 10.6 Å². The van der Waals surface area contributed by atoms with Crippen molar-refractivity contribution in [3.05, 3.63) is 39.2 Å². The molecule has 3 aromatic rings. The third-order valence-corrected chi connectivity index (χ3v) is 5.79. The molecule has 0 unspecified atom stereocenters. The highest BCUT2D eigenvalue weighted by Crippen LogP contribution is 2.26. The van der Waals surface area contributed by atoms with Crippen molar-refractivity contribution in [3.63, 3.8) is 0 Å². The van der Waals surface area contributed by atoms with Crippen molar-refractivity contribution in [2.75, 3.05) is 10.6 Å². The fraction of sp³-hybridized carbons (Fsp3) is 0.316. The van der Waals surface area contributed by atoms with E-state index in [2.05, 4.69) is 49.4 Å². The molecule has 1 aliphatic carbocycles. The zero-order valence-corrected chi connectivity index (χ0v) is 16.5. The van der Waals surface area contributed by atoms with Gasteiger partial charge in [0.25, 0.3) is 5.91 Å². The van der Waals surface area contributed by atoms with Crippen molar-refractivity contribution < 1.29 is 9.59 Å². The zero-order valence-electron chi connectivity index (χ0n) is 15.7. The van der Waals surface area contributed by atoms with Crippen LogP contribution in [0.4, 0.5) is 11.9 Å². The number of rotatable bonds is 6. The molecule has 29 heavy (non-hydrogen) atoms. The summed E-state index contributed by atoms with van der Waals surface area (Å²) < 4.78 is 1.64. The second-order valence-corrected chi connectivity index (χ2v) is 8.29. The van der Waals surface area contributed by atoms with Crippen LogP contribution in [-0.2, 0) is 16.1 Å². The van der Waals surface area contributed by atoms with Gasteiger partial charge in [-0.3, -0.25) is 14.9 Å². The molecule has 10 heteroatoms. The topological polar surface area (TPSA) is 113 Å². The third kappa shape index (κ3) is 3.70. The van der Waals surface area contributed by atoms with E-state index in [0.717, 1.165) is 12.8 Å². The van der Waals surface area contributed by atoms with Crippen molar-refractivity contribution >= 4 is 46.8 Å². The minimum Gasteiger partial charge on any atom is -0.351 e. The number of hydrogen-bond acceptors (Lipinski definition) is 8. The van der Waals surface area contributed by atoms with Gasteiger partial charge in [-0.15, -0.1) is 11.3 Å². The van der Waals surface area contributed by atoms with Crippen LogP contribution in [0.3, 0.4) is 0 Å². The molecule has 148 valence electrons. The smallest absolute Gasteiger partial charge is 0.254 e. The van der Waals surface area contributed by atoms with Crippen LogP contribution in [0.25, 0.3) is 11.7 Å². The summed E-state index contributed by atoms with van der Waals surface area (Å²) in [4.78, 5) is 33.8. The maximum atomic E-state index is 11.9. The number of nitrogens with zero attached hydrogens (tertiary/aromatic N) is 4. The lowest BCUT2D eigenvalue weighted by Gasteiger charge is -2.09. The van der Waals surface area contributed by atoms with Gasteiger partial charge in [-0.05, 0) is 42.9 Å². The lowest BCUT2D eigenvalue weighted by Crippen LogP contribution is -2.19. The molecule has 0 spiro atoms. The minimum absolute atomic E-state index is 0.0667. The maximum Gasteiger partial charge on any atom is 0.254 e. The summed E-state index contributed by atoms with van der Waals surface area (Å²) in [6.07, 6.45) is 5.57. The molecule has 0 aromatic carbocycles. The summed E-state index contributed by atoms with van der Waals surface area (Å²) in [7, 11) is 0. The molecule has 4 heterocycles. The first-order valence-corrected chi connectivity index (χ1v) is 10.3. The van der Waals surface area contributed by atoms with Gasteiger partial charge >= 0.3 is 0 Å².